The predicted octanol–water partition coefficient (Wildman–Crippen LogP) is 1.86. The molecule has 2 aromatic rings. The number of ether oxygens (including phenoxy) is 1. The molecular formula is C20H24N4O3. The van der Waals surface area contributed by atoms with Crippen molar-refractivity contribution in [3.8, 4) is 0 Å². The number of carbonyl (C=O) groups is 2. The van der Waals surface area contributed by atoms with Gasteiger partial charge in [-0.25, -0.2) is 0 Å². The molecule has 0 unspecified atom stereocenters. The number of H-pyrrole nitrogens is 1. The number of aromatic nitrogens is 2. The third kappa shape index (κ3) is 3.35. The van der Waals surface area contributed by atoms with Crippen LogP contribution in [-0.4, -0.2) is 52.6 Å². The van der Waals surface area contributed by atoms with E-state index in [0.717, 1.165) is 28.8 Å². The van der Waals surface area contributed by atoms with Crippen molar-refractivity contribution in [1.82, 2.24) is 20.4 Å². The minimum absolute atomic E-state index is 0.0306. The number of rotatable bonds is 4. The van der Waals surface area contributed by atoms with E-state index < -0.39 is 0 Å². The number of hydrogen-bond donors (Lipinski definition) is 2. The van der Waals surface area contributed by atoms with Gasteiger partial charge in [0.15, 0.2) is 5.69 Å². The molecule has 2 N–H and O–H groups in total. The first-order valence-corrected chi connectivity index (χ1v) is 9.42. The highest BCUT2D eigenvalue weighted by Crippen LogP contribution is 2.30. The molecule has 0 saturated heterocycles. The van der Waals surface area contributed by atoms with E-state index in [2.05, 4.69) is 15.5 Å². The Balaban J connectivity index is 1.37. The van der Waals surface area contributed by atoms with Crippen LogP contribution in [0.4, 0.5) is 0 Å². The standard InChI is InChI=1S/C20H24N4O3/c1-12-11-16-17(13(2)27-12)22-23-18(16)19(25)21-8-10-24-9-7-14-5-3-4-6-15(14)20(24)26/h3-6,12-13H,7-11H2,1-2H3,(H,21,25)(H,22,23)/t12-,13+/m1/s1. The van der Waals surface area contributed by atoms with Gasteiger partial charge in [-0.3, -0.25) is 14.7 Å². The van der Waals surface area contributed by atoms with Crippen molar-refractivity contribution in [3.05, 3.63) is 52.3 Å². The van der Waals surface area contributed by atoms with Gasteiger partial charge in [0.2, 0.25) is 0 Å². The van der Waals surface area contributed by atoms with Crippen LogP contribution in [0.2, 0.25) is 0 Å². The van der Waals surface area contributed by atoms with Crippen LogP contribution in [0.5, 0.6) is 0 Å². The summed E-state index contributed by atoms with van der Waals surface area (Å²) in [5, 5.41) is 10.0. The van der Waals surface area contributed by atoms with Crippen molar-refractivity contribution < 1.29 is 14.3 Å². The monoisotopic (exact) mass is 368 g/mol. The van der Waals surface area contributed by atoms with Crippen molar-refractivity contribution in [3.63, 3.8) is 0 Å². The first-order valence-electron chi connectivity index (χ1n) is 9.42. The van der Waals surface area contributed by atoms with Crippen molar-refractivity contribution in [2.24, 2.45) is 0 Å². The number of carbonyl (C=O) groups excluding carboxylic acids is 2. The van der Waals surface area contributed by atoms with E-state index in [4.69, 9.17) is 4.74 Å². The molecule has 1 aromatic heterocycles. The summed E-state index contributed by atoms with van der Waals surface area (Å²) in [6.45, 7) is 5.51. The minimum Gasteiger partial charge on any atom is -0.369 e. The fourth-order valence-electron chi connectivity index (χ4n) is 3.94. The highest BCUT2D eigenvalue weighted by Gasteiger charge is 2.29. The summed E-state index contributed by atoms with van der Waals surface area (Å²) in [5.74, 6) is -0.179. The Kier molecular flexibility index (Phi) is 4.70. The fraction of sp³-hybridized carbons (Fsp3) is 0.450. The second-order valence-electron chi connectivity index (χ2n) is 7.21. The molecule has 0 radical (unpaired) electrons. The maximum Gasteiger partial charge on any atom is 0.272 e. The van der Waals surface area contributed by atoms with Gasteiger partial charge >= 0.3 is 0 Å². The smallest absolute Gasteiger partial charge is 0.272 e. The summed E-state index contributed by atoms with van der Waals surface area (Å²) in [6, 6.07) is 7.70. The lowest BCUT2D eigenvalue weighted by atomic mass is 9.99. The molecule has 0 saturated carbocycles. The molecule has 27 heavy (non-hydrogen) atoms. The molecule has 1 aromatic carbocycles. The molecule has 2 aliphatic heterocycles. The normalized spacial score (nSPS) is 21.6. The molecular weight excluding hydrogens is 344 g/mol. The molecule has 0 spiro atoms. The zero-order valence-corrected chi connectivity index (χ0v) is 15.6. The van der Waals surface area contributed by atoms with Crippen LogP contribution < -0.4 is 5.32 Å². The molecule has 3 heterocycles. The minimum atomic E-state index is -0.210. The first-order chi connectivity index (χ1) is 13.0. The zero-order chi connectivity index (χ0) is 19.0. The van der Waals surface area contributed by atoms with E-state index in [0.29, 0.717) is 31.7 Å². The van der Waals surface area contributed by atoms with Crippen LogP contribution in [0.3, 0.4) is 0 Å². The Hall–Kier alpha value is -2.67. The van der Waals surface area contributed by atoms with E-state index in [1.54, 1.807) is 4.90 Å². The third-order valence-electron chi connectivity index (χ3n) is 5.30. The lowest BCUT2D eigenvalue weighted by molar-refractivity contribution is -0.00697. The number of benzene rings is 1. The van der Waals surface area contributed by atoms with Gasteiger partial charge in [0.25, 0.3) is 11.8 Å². The highest BCUT2D eigenvalue weighted by molar-refractivity contribution is 5.97. The number of nitrogens with zero attached hydrogens (tertiary/aromatic N) is 2. The maximum atomic E-state index is 12.6. The van der Waals surface area contributed by atoms with Crippen LogP contribution >= 0.6 is 0 Å². The van der Waals surface area contributed by atoms with E-state index >= 15 is 0 Å². The Morgan fingerprint density at radius 1 is 1.37 bits per heavy atom. The topological polar surface area (TPSA) is 87.3 Å². The number of nitrogens with one attached hydrogen (secondary N) is 2. The number of hydrogen-bond acceptors (Lipinski definition) is 4. The summed E-state index contributed by atoms with van der Waals surface area (Å²) in [7, 11) is 0. The summed E-state index contributed by atoms with van der Waals surface area (Å²) in [4.78, 5) is 26.9. The largest absolute Gasteiger partial charge is 0.369 e. The second-order valence-corrected chi connectivity index (χ2v) is 7.21. The SMILES string of the molecule is C[C@@H]1Cc2c(C(=O)NCCN3CCc4ccccc4C3=O)n[nH]c2[C@H](C)O1. The molecule has 2 amide bonds. The zero-order valence-electron chi connectivity index (χ0n) is 15.6. The Labute approximate surface area is 158 Å². The highest BCUT2D eigenvalue weighted by atomic mass is 16.5. The molecule has 142 valence electrons. The fourth-order valence-corrected chi connectivity index (χ4v) is 3.94. The maximum absolute atomic E-state index is 12.6. The van der Waals surface area contributed by atoms with Gasteiger partial charge in [0.1, 0.15) is 0 Å². The lowest BCUT2D eigenvalue weighted by Crippen LogP contribution is -2.42. The number of amides is 2. The molecule has 7 heteroatoms. The van der Waals surface area contributed by atoms with Crippen LogP contribution in [0.25, 0.3) is 0 Å². The summed E-state index contributed by atoms with van der Waals surface area (Å²) < 4.78 is 5.76. The van der Waals surface area contributed by atoms with E-state index in [9.17, 15) is 9.59 Å². The first kappa shape index (κ1) is 17.7. The average molecular weight is 368 g/mol. The number of fused-ring (bicyclic) bond motifs is 2. The molecule has 2 aliphatic rings. The van der Waals surface area contributed by atoms with Crippen LogP contribution in [0.1, 0.15) is 57.6 Å². The van der Waals surface area contributed by atoms with Crippen LogP contribution in [0.15, 0.2) is 24.3 Å². The third-order valence-corrected chi connectivity index (χ3v) is 5.30. The van der Waals surface area contributed by atoms with Gasteiger partial charge in [-0.15, -0.1) is 0 Å². The van der Waals surface area contributed by atoms with E-state index in [1.165, 1.54) is 0 Å². The van der Waals surface area contributed by atoms with Gasteiger partial charge < -0.3 is 15.0 Å². The average Bonchev–Trinajstić information content (AvgIpc) is 3.08. The summed E-state index contributed by atoms with van der Waals surface area (Å²) in [6.07, 6.45) is 1.48. The summed E-state index contributed by atoms with van der Waals surface area (Å²) >= 11 is 0. The molecule has 4 rings (SSSR count). The second kappa shape index (κ2) is 7.15. The van der Waals surface area contributed by atoms with Crippen molar-refractivity contribution in [2.75, 3.05) is 19.6 Å². The van der Waals surface area contributed by atoms with Gasteiger partial charge in [0, 0.05) is 37.2 Å². The summed E-state index contributed by atoms with van der Waals surface area (Å²) in [5.41, 5.74) is 4.10. The van der Waals surface area contributed by atoms with Gasteiger partial charge in [-0.2, -0.15) is 5.10 Å². The lowest BCUT2D eigenvalue weighted by Gasteiger charge is -2.28. The Bertz CT molecular complexity index is 876. The molecule has 7 nitrogen and oxygen atoms in total. The van der Waals surface area contributed by atoms with E-state index in [-0.39, 0.29) is 24.0 Å². The number of aromatic amines is 1. The molecule has 0 bridgehead atoms. The van der Waals surface area contributed by atoms with Crippen LogP contribution in [-0.2, 0) is 17.6 Å². The Morgan fingerprint density at radius 2 is 2.19 bits per heavy atom. The van der Waals surface area contributed by atoms with Gasteiger partial charge in [-0.1, -0.05) is 18.2 Å². The molecule has 0 aliphatic carbocycles. The van der Waals surface area contributed by atoms with Gasteiger partial charge in [0.05, 0.1) is 17.9 Å². The van der Waals surface area contributed by atoms with Gasteiger partial charge in [-0.05, 0) is 31.9 Å². The van der Waals surface area contributed by atoms with E-state index in [1.807, 2.05) is 38.1 Å². The van der Waals surface area contributed by atoms with Crippen LogP contribution in [0, 0.1) is 0 Å². The Morgan fingerprint density at radius 3 is 3.04 bits per heavy atom. The predicted molar refractivity (Wildman–Crippen MR) is 99.6 cm³/mol. The molecule has 2 atom stereocenters. The molecule has 0 fully saturated rings. The quantitative estimate of drug-likeness (QED) is 0.862. The van der Waals surface area contributed by atoms with Crippen molar-refractivity contribution in [1.29, 1.82) is 0 Å². The van der Waals surface area contributed by atoms with Crippen molar-refractivity contribution >= 4 is 11.8 Å². The van der Waals surface area contributed by atoms with Crippen molar-refractivity contribution in [2.45, 2.75) is 38.9 Å².